The van der Waals surface area contributed by atoms with Crippen LogP contribution in [-0.4, -0.2) is 48.4 Å². The van der Waals surface area contributed by atoms with Crippen molar-refractivity contribution in [1.82, 2.24) is 10.2 Å². The monoisotopic (exact) mass is 318 g/mol. The summed E-state index contributed by atoms with van der Waals surface area (Å²) < 4.78 is 0. The number of benzene rings is 1. The van der Waals surface area contributed by atoms with Gasteiger partial charge in [-0.05, 0) is 18.1 Å². The molecule has 1 aliphatic rings. The predicted molar refractivity (Wildman–Crippen MR) is 86.7 cm³/mol. The standard InChI is InChI=1S/C16H22N4O3/c1-11(2)14(18-16(17)23)15(22)19-8-9-20(13(21)10-19)12-6-4-3-5-7-12/h3-7,11,14H,8-10H2,1-2H3,(H3,17,18,23)/t14-/m0/s1. The van der Waals surface area contributed by atoms with Gasteiger partial charge in [-0.1, -0.05) is 32.0 Å². The summed E-state index contributed by atoms with van der Waals surface area (Å²) in [5.74, 6) is -0.533. The van der Waals surface area contributed by atoms with Gasteiger partial charge in [0.15, 0.2) is 0 Å². The number of anilines is 1. The van der Waals surface area contributed by atoms with Gasteiger partial charge in [0, 0.05) is 18.8 Å². The Morgan fingerprint density at radius 2 is 1.83 bits per heavy atom. The number of para-hydroxylation sites is 1. The van der Waals surface area contributed by atoms with Crippen molar-refractivity contribution in [2.45, 2.75) is 19.9 Å². The summed E-state index contributed by atoms with van der Waals surface area (Å²) in [6.07, 6.45) is 0. The molecule has 7 nitrogen and oxygen atoms in total. The molecule has 124 valence electrons. The van der Waals surface area contributed by atoms with Gasteiger partial charge in [-0.3, -0.25) is 9.59 Å². The highest BCUT2D eigenvalue weighted by Crippen LogP contribution is 2.17. The van der Waals surface area contributed by atoms with Gasteiger partial charge < -0.3 is 20.9 Å². The molecule has 7 heteroatoms. The van der Waals surface area contributed by atoms with E-state index in [2.05, 4.69) is 5.32 Å². The van der Waals surface area contributed by atoms with E-state index >= 15 is 0 Å². The number of hydrogen-bond acceptors (Lipinski definition) is 3. The van der Waals surface area contributed by atoms with Crippen molar-refractivity contribution in [1.29, 1.82) is 0 Å². The van der Waals surface area contributed by atoms with E-state index in [1.165, 1.54) is 4.90 Å². The first-order valence-electron chi connectivity index (χ1n) is 7.60. The van der Waals surface area contributed by atoms with Gasteiger partial charge in [0.1, 0.15) is 12.6 Å². The number of rotatable bonds is 4. The van der Waals surface area contributed by atoms with Crippen molar-refractivity contribution in [2.24, 2.45) is 11.7 Å². The van der Waals surface area contributed by atoms with Crippen LogP contribution in [0, 0.1) is 5.92 Å². The lowest BCUT2D eigenvalue weighted by Gasteiger charge is -2.36. The Bertz CT molecular complexity index is 588. The molecule has 0 saturated carbocycles. The second-order valence-electron chi connectivity index (χ2n) is 5.87. The maximum Gasteiger partial charge on any atom is 0.312 e. The Morgan fingerprint density at radius 3 is 2.35 bits per heavy atom. The molecule has 0 unspecified atom stereocenters. The lowest BCUT2D eigenvalue weighted by atomic mass is 10.0. The van der Waals surface area contributed by atoms with E-state index in [4.69, 9.17) is 5.73 Å². The molecule has 4 amide bonds. The second-order valence-corrected chi connectivity index (χ2v) is 5.87. The normalized spacial score (nSPS) is 16.4. The molecule has 2 rings (SSSR count). The molecule has 3 N–H and O–H groups in total. The van der Waals surface area contributed by atoms with Crippen molar-refractivity contribution in [3.63, 3.8) is 0 Å². The van der Waals surface area contributed by atoms with E-state index in [1.54, 1.807) is 4.90 Å². The highest BCUT2D eigenvalue weighted by molar-refractivity contribution is 5.99. The highest BCUT2D eigenvalue weighted by atomic mass is 16.2. The number of nitrogens with two attached hydrogens (primary N) is 1. The number of primary amides is 1. The van der Waals surface area contributed by atoms with Gasteiger partial charge >= 0.3 is 6.03 Å². The van der Waals surface area contributed by atoms with Crippen molar-refractivity contribution in [3.8, 4) is 0 Å². The average Bonchev–Trinajstić information content (AvgIpc) is 2.52. The summed E-state index contributed by atoms with van der Waals surface area (Å²) in [5, 5.41) is 2.46. The topological polar surface area (TPSA) is 95.7 Å². The maximum absolute atomic E-state index is 12.5. The minimum absolute atomic E-state index is 0.00259. The zero-order chi connectivity index (χ0) is 17.0. The van der Waals surface area contributed by atoms with E-state index in [0.717, 1.165) is 5.69 Å². The smallest absolute Gasteiger partial charge is 0.312 e. The van der Waals surface area contributed by atoms with Crippen LogP contribution in [0.15, 0.2) is 30.3 Å². The average molecular weight is 318 g/mol. The summed E-state index contributed by atoms with van der Waals surface area (Å²) in [6, 6.07) is 7.88. The maximum atomic E-state index is 12.5. The van der Waals surface area contributed by atoms with Gasteiger partial charge in [-0.25, -0.2) is 4.79 Å². The third kappa shape index (κ3) is 4.00. The van der Waals surface area contributed by atoms with Crippen LogP contribution >= 0.6 is 0 Å². The minimum atomic E-state index is -0.744. The molecule has 1 saturated heterocycles. The van der Waals surface area contributed by atoms with Crippen LogP contribution < -0.4 is 16.0 Å². The third-order valence-electron chi connectivity index (χ3n) is 3.83. The first-order chi connectivity index (χ1) is 10.9. The molecule has 1 fully saturated rings. The fourth-order valence-corrected chi connectivity index (χ4v) is 2.61. The number of nitrogens with one attached hydrogen (secondary N) is 1. The Balaban J connectivity index is 2.05. The second kappa shape index (κ2) is 7.13. The molecule has 0 radical (unpaired) electrons. The van der Waals surface area contributed by atoms with Crippen LogP contribution in [-0.2, 0) is 9.59 Å². The zero-order valence-corrected chi connectivity index (χ0v) is 13.4. The minimum Gasteiger partial charge on any atom is -0.352 e. The van der Waals surface area contributed by atoms with Gasteiger partial charge in [-0.15, -0.1) is 0 Å². The fourth-order valence-electron chi connectivity index (χ4n) is 2.61. The van der Waals surface area contributed by atoms with Crippen molar-refractivity contribution in [2.75, 3.05) is 24.5 Å². The van der Waals surface area contributed by atoms with Crippen LogP contribution in [0.2, 0.25) is 0 Å². The molecular weight excluding hydrogens is 296 g/mol. The largest absolute Gasteiger partial charge is 0.352 e. The van der Waals surface area contributed by atoms with Crippen LogP contribution in [0.3, 0.4) is 0 Å². The first kappa shape index (κ1) is 16.8. The molecule has 1 aromatic rings. The zero-order valence-electron chi connectivity index (χ0n) is 13.4. The fraction of sp³-hybridized carbons (Fsp3) is 0.438. The van der Waals surface area contributed by atoms with E-state index in [0.29, 0.717) is 13.1 Å². The number of hydrogen-bond donors (Lipinski definition) is 2. The van der Waals surface area contributed by atoms with Crippen molar-refractivity contribution < 1.29 is 14.4 Å². The van der Waals surface area contributed by atoms with E-state index in [-0.39, 0.29) is 24.3 Å². The number of amides is 4. The van der Waals surface area contributed by atoms with Crippen LogP contribution in [0.25, 0.3) is 0 Å². The molecule has 1 heterocycles. The van der Waals surface area contributed by atoms with Crippen LogP contribution in [0.5, 0.6) is 0 Å². The van der Waals surface area contributed by atoms with E-state index in [1.807, 2.05) is 44.2 Å². The van der Waals surface area contributed by atoms with Crippen molar-refractivity contribution in [3.05, 3.63) is 30.3 Å². The van der Waals surface area contributed by atoms with Crippen LogP contribution in [0.4, 0.5) is 10.5 Å². The summed E-state index contributed by atoms with van der Waals surface area (Å²) in [5.41, 5.74) is 5.95. The van der Waals surface area contributed by atoms with Gasteiger partial charge in [0.05, 0.1) is 0 Å². The van der Waals surface area contributed by atoms with E-state index in [9.17, 15) is 14.4 Å². The Labute approximate surface area is 135 Å². The van der Waals surface area contributed by atoms with Gasteiger partial charge in [-0.2, -0.15) is 0 Å². The number of nitrogens with zero attached hydrogens (tertiary/aromatic N) is 2. The molecule has 1 atom stereocenters. The van der Waals surface area contributed by atoms with Crippen LogP contribution in [0.1, 0.15) is 13.8 Å². The molecule has 0 bridgehead atoms. The molecule has 1 aliphatic heterocycles. The SMILES string of the molecule is CC(C)[C@H](NC(N)=O)C(=O)N1CCN(c2ccccc2)C(=O)C1. The lowest BCUT2D eigenvalue weighted by Crippen LogP contribution is -2.58. The molecule has 0 aromatic heterocycles. The molecule has 1 aromatic carbocycles. The quantitative estimate of drug-likeness (QED) is 0.849. The highest BCUT2D eigenvalue weighted by Gasteiger charge is 2.33. The Morgan fingerprint density at radius 1 is 1.17 bits per heavy atom. The number of carbonyl (C=O) groups excluding carboxylic acids is 3. The third-order valence-corrected chi connectivity index (χ3v) is 3.83. The van der Waals surface area contributed by atoms with Crippen molar-refractivity contribution >= 4 is 23.5 Å². The summed E-state index contributed by atoms with van der Waals surface area (Å²) in [4.78, 5) is 39.1. The Hall–Kier alpha value is -2.57. The summed E-state index contributed by atoms with van der Waals surface area (Å²) in [7, 11) is 0. The summed E-state index contributed by atoms with van der Waals surface area (Å²) >= 11 is 0. The predicted octanol–water partition coefficient (Wildman–Crippen LogP) is 0.555. The number of urea groups is 1. The van der Waals surface area contributed by atoms with Gasteiger partial charge in [0.2, 0.25) is 11.8 Å². The molecular formula is C16H22N4O3. The lowest BCUT2D eigenvalue weighted by molar-refractivity contribution is -0.139. The number of carbonyl (C=O) groups is 3. The molecule has 23 heavy (non-hydrogen) atoms. The number of piperazine rings is 1. The van der Waals surface area contributed by atoms with Gasteiger partial charge in [0.25, 0.3) is 0 Å². The molecule has 0 aliphatic carbocycles. The molecule has 0 spiro atoms. The van der Waals surface area contributed by atoms with E-state index < -0.39 is 12.1 Å². The first-order valence-corrected chi connectivity index (χ1v) is 7.60. The summed E-state index contributed by atoms with van der Waals surface area (Å²) in [6.45, 7) is 4.48. The Kier molecular flexibility index (Phi) is 5.20.